The van der Waals surface area contributed by atoms with Crippen LogP contribution in [0.5, 0.6) is 11.5 Å². The van der Waals surface area contributed by atoms with Crippen molar-refractivity contribution in [3.05, 3.63) is 60.3 Å². The molecule has 0 aliphatic heterocycles. The second kappa shape index (κ2) is 8.40. The molecule has 0 atom stereocenters. The Hall–Kier alpha value is -3.28. The first-order valence-electron chi connectivity index (χ1n) is 8.83. The summed E-state index contributed by atoms with van der Waals surface area (Å²) in [6.45, 7) is 2.63. The van der Waals surface area contributed by atoms with E-state index in [2.05, 4.69) is 10.4 Å². The maximum atomic E-state index is 12.7. The first-order chi connectivity index (χ1) is 13.2. The molecule has 0 radical (unpaired) electrons. The molecule has 1 N–H and O–H groups in total. The Morgan fingerprint density at radius 2 is 1.81 bits per heavy atom. The highest BCUT2D eigenvalue weighted by Gasteiger charge is 2.19. The number of amides is 1. The highest BCUT2D eigenvalue weighted by Crippen LogP contribution is 2.33. The van der Waals surface area contributed by atoms with Gasteiger partial charge in [-0.15, -0.1) is 0 Å². The van der Waals surface area contributed by atoms with Crippen LogP contribution in [0.1, 0.15) is 23.7 Å². The Balaban J connectivity index is 2.09. The Morgan fingerprint density at radius 1 is 1.07 bits per heavy atom. The minimum Gasteiger partial charge on any atom is -0.493 e. The van der Waals surface area contributed by atoms with E-state index in [0.717, 1.165) is 17.7 Å². The molecule has 3 aromatic rings. The van der Waals surface area contributed by atoms with Crippen LogP contribution in [0.2, 0.25) is 0 Å². The number of aromatic nitrogens is 2. The van der Waals surface area contributed by atoms with Gasteiger partial charge >= 0.3 is 0 Å². The number of carbonyl (C=O) groups is 1. The lowest BCUT2D eigenvalue weighted by Gasteiger charge is -2.09. The third-order valence-corrected chi connectivity index (χ3v) is 4.17. The van der Waals surface area contributed by atoms with E-state index in [1.807, 2.05) is 55.5 Å². The zero-order chi connectivity index (χ0) is 19.2. The molecule has 1 amide bonds. The fraction of sp³-hybridized carbons (Fsp3) is 0.238. The van der Waals surface area contributed by atoms with Crippen molar-refractivity contribution in [2.75, 3.05) is 20.8 Å². The molecule has 2 aromatic carbocycles. The number of carbonyl (C=O) groups excluding carboxylic acids is 1. The molecule has 140 valence electrons. The lowest BCUT2D eigenvalue weighted by molar-refractivity contribution is 0.0954. The van der Waals surface area contributed by atoms with Crippen molar-refractivity contribution in [2.45, 2.75) is 13.3 Å². The Kier molecular flexibility index (Phi) is 5.76. The van der Waals surface area contributed by atoms with Gasteiger partial charge in [-0.25, -0.2) is 4.68 Å². The molecule has 0 unspecified atom stereocenters. The van der Waals surface area contributed by atoms with E-state index in [1.54, 1.807) is 25.1 Å². The van der Waals surface area contributed by atoms with Gasteiger partial charge in [-0.05, 0) is 36.8 Å². The molecular formula is C21H23N3O3. The van der Waals surface area contributed by atoms with Gasteiger partial charge in [0, 0.05) is 18.3 Å². The van der Waals surface area contributed by atoms with Crippen molar-refractivity contribution >= 4 is 5.91 Å². The second-order valence-corrected chi connectivity index (χ2v) is 6.00. The summed E-state index contributed by atoms with van der Waals surface area (Å²) >= 11 is 0. The van der Waals surface area contributed by atoms with E-state index in [4.69, 9.17) is 9.47 Å². The second-order valence-electron chi connectivity index (χ2n) is 6.00. The molecule has 3 rings (SSSR count). The molecule has 0 aliphatic rings. The van der Waals surface area contributed by atoms with E-state index in [9.17, 15) is 4.79 Å². The zero-order valence-electron chi connectivity index (χ0n) is 15.7. The van der Waals surface area contributed by atoms with Crippen LogP contribution < -0.4 is 14.8 Å². The van der Waals surface area contributed by atoms with Gasteiger partial charge in [-0.2, -0.15) is 5.10 Å². The molecular weight excluding hydrogens is 342 g/mol. The Labute approximate surface area is 158 Å². The van der Waals surface area contributed by atoms with Crippen LogP contribution in [0.3, 0.4) is 0 Å². The largest absolute Gasteiger partial charge is 0.493 e. The van der Waals surface area contributed by atoms with Crippen LogP contribution in [0.25, 0.3) is 16.9 Å². The summed E-state index contributed by atoms with van der Waals surface area (Å²) in [5, 5.41) is 7.60. The number of hydrogen-bond acceptors (Lipinski definition) is 4. The number of ether oxygens (including phenoxy) is 2. The molecule has 0 saturated heterocycles. The van der Waals surface area contributed by atoms with Gasteiger partial charge in [0.1, 0.15) is 5.69 Å². The maximum Gasteiger partial charge on any atom is 0.255 e. The van der Waals surface area contributed by atoms with Crippen LogP contribution in [0.15, 0.2) is 54.7 Å². The zero-order valence-corrected chi connectivity index (χ0v) is 15.7. The normalized spacial score (nSPS) is 10.5. The monoisotopic (exact) mass is 365 g/mol. The third-order valence-electron chi connectivity index (χ3n) is 4.17. The molecule has 6 nitrogen and oxygen atoms in total. The van der Waals surface area contributed by atoms with Gasteiger partial charge in [0.25, 0.3) is 5.91 Å². The molecule has 1 heterocycles. The fourth-order valence-corrected chi connectivity index (χ4v) is 2.78. The standard InChI is InChI=1S/C21H23N3O3/c1-4-12-22-21(25)17-14-24(16-8-6-5-7-9-16)23-20(17)15-10-11-18(26-2)19(13-15)27-3/h5-11,13-14H,4,12H2,1-3H3,(H,22,25). The highest BCUT2D eigenvalue weighted by atomic mass is 16.5. The van der Waals surface area contributed by atoms with E-state index >= 15 is 0 Å². The van der Waals surface area contributed by atoms with E-state index in [-0.39, 0.29) is 5.91 Å². The van der Waals surface area contributed by atoms with Crippen LogP contribution in [0.4, 0.5) is 0 Å². The number of rotatable bonds is 7. The summed E-state index contributed by atoms with van der Waals surface area (Å²) in [5.74, 6) is 1.06. The van der Waals surface area contributed by atoms with Crippen LogP contribution >= 0.6 is 0 Å². The van der Waals surface area contributed by atoms with Gasteiger partial charge in [0.2, 0.25) is 0 Å². The van der Waals surface area contributed by atoms with Gasteiger partial charge < -0.3 is 14.8 Å². The SMILES string of the molecule is CCCNC(=O)c1cn(-c2ccccc2)nc1-c1ccc(OC)c(OC)c1. The van der Waals surface area contributed by atoms with Crippen molar-refractivity contribution in [1.29, 1.82) is 0 Å². The summed E-state index contributed by atoms with van der Waals surface area (Å²) in [6, 6.07) is 15.2. The summed E-state index contributed by atoms with van der Waals surface area (Å²) in [6.07, 6.45) is 2.62. The summed E-state index contributed by atoms with van der Waals surface area (Å²) in [5.41, 5.74) is 2.77. The van der Waals surface area contributed by atoms with E-state index < -0.39 is 0 Å². The van der Waals surface area contributed by atoms with Crippen molar-refractivity contribution in [3.63, 3.8) is 0 Å². The summed E-state index contributed by atoms with van der Waals surface area (Å²) in [4.78, 5) is 12.7. The number of nitrogens with one attached hydrogen (secondary N) is 1. The van der Waals surface area contributed by atoms with Crippen molar-refractivity contribution in [3.8, 4) is 28.4 Å². The van der Waals surface area contributed by atoms with Crippen LogP contribution in [0, 0.1) is 0 Å². The highest BCUT2D eigenvalue weighted by molar-refractivity contribution is 6.00. The third kappa shape index (κ3) is 3.95. The first kappa shape index (κ1) is 18.5. The van der Waals surface area contributed by atoms with Crippen LogP contribution in [-0.4, -0.2) is 36.5 Å². The number of benzene rings is 2. The number of para-hydroxylation sites is 1. The molecule has 0 bridgehead atoms. The topological polar surface area (TPSA) is 65.4 Å². The van der Waals surface area contributed by atoms with E-state index in [0.29, 0.717) is 29.3 Å². The fourth-order valence-electron chi connectivity index (χ4n) is 2.78. The predicted octanol–water partition coefficient (Wildman–Crippen LogP) is 3.70. The average molecular weight is 365 g/mol. The smallest absolute Gasteiger partial charge is 0.255 e. The lowest BCUT2D eigenvalue weighted by Crippen LogP contribution is -2.24. The van der Waals surface area contributed by atoms with Crippen LogP contribution in [-0.2, 0) is 0 Å². The lowest BCUT2D eigenvalue weighted by atomic mass is 10.1. The molecule has 0 spiro atoms. The minimum absolute atomic E-state index is 0.149. The van der Waals surface area contributed by atoms with Crippen molar-refractivity contribution in [1.82, 2.24) is 15.1 Å². The van der Waals surface area contributed by atoms with Crippen molar-refractivity contribution < 1.29 is 14.3 Å². The van der Waals surface area contributed by atoms with Gasteiger partial charge in [0.05, 0.1) is 25.5 Å². The quantitative estimate of drug-likeness (QED) is 0.693. The van der Waals surface area contributed by atoms with Gasteiger partial charge in [-0.3, -0.25) is 4.79 Å². The van der Waals surface area contributed by atoms with Gasteiger partial charge in [-0.1, -0.05) is 25.1 Å². The molecule has 0 saturated carbocycles. The predicted molar refractivity (Wildman–Crippen MR) is 105 cm³/mol. The van der Waals surface area contributed by atoms with E-state index in [1.165, 1.54) is 0 Å². The molecule has 0 aliphatic carbocycles. The molecule has 1 aromatic heterocycles. The Morgan fingerprint density at radius 3 is 2.48 bits per heavy atom. The minimum atomic E-state index is -0.149. The molecule has 0 fully saturated rings. The maximum absolute atomic E-state index is 12.7. The summed E-state index contributed by atoms with van der Waals surface area (Å²) in [7, 11) is 3.17. The van der Waals surface area contributed by atoms with Crippen molar-refractivity contribution in [2.24, 2.45) is 0 Å². The molecule has 27 heavy (non-hydrogen) atoms. The first-order valence-corrected chi connectivity index (χ1v) is 8.83. The Bertz CT molecular complexity index is 920. The molecule has 6 heteroatoms. The van der Waals surface area contributed by atoms with Gasteiger partial charge in [0.15, 0.2) is 11.5 Å². The average Bonchev–Trinajstić information content (AvgIpc) is 3.17. The summed E-state index contributed by atoms with van der Waals surface area (Å²) < 4.78 is 12.4. The number of hydrogen-bond donors (Lipinski definition) is 1. The number of nitrogens with zero attached hydrogens (tertiary/aromatic N) is 2. The number of methoxy groups -OCH3 is 2.